The zero-order chi connectivity index (χ0) is 10.8. The van der Waals surface area contributed by atoms with Gasteiger partial charge >= 0.3 is 0 Å². The highest BCUT2D eigenvalue weighted by Gasteiger charge is 2.44. The monoisotopic (exact) mass is 446 g/mol. The maximum Gasteiger partial charge on any atom is 0.130 e. The Hall–Kier alpha value is 1.14. The molecular formula is C10H10Br4. The van der Waals surface area contributed by atoms with E-state index in [9.17, 15) is 0 Å². The Morgan fingerprint density at radius 3 is 1.93 bits per heavy atom. The standard InChI is InChI=1S/C10H10Br4/c1-2-9(11,12)10(13,14)8-6-4-3-5-7-8/h3-7H,2H2,1H3. The molecule has 0 bridgehead atoms. The van der Waals surface area contributed by atoms with E-state index in [2.05, 4.69) is 82.8 Å². The molecule has 1 aromatic carbocycles. The van der Waals surface area contributed by atoms with Gasteiger partial charge < -0.3 is 0 Å². The van der Waals surface area contributed by atoms with Crippen LogP contribution in [0.25, 0.3) is 0 Å². The molecule has 0 amide bonds. The summed E-state index contributed by atoms with van der Waals surface area (Å²) in [5.74, 6) is 0. The summed E-state index contributed by atoms with van der Waals surface area (Å²) in [7, 11) is 0. The lowest BCUT2D eigenvalue weighted by atomic mass is 10.1. The highest BCUT2D eigenvalue weighted by molar-refractivity contribution is 9.30. The number of hydrogen-bond acceptors (Lipinski definition) is 0. The summed E-state index contributed by atoms with van der Waals surface area (Å²) in [5, 5.41) is 0. The van der Waals surface area contributed by atoms with E-state index >= 15 is 0 Å². The van der Waals surface area contributed by atoms with Gasteiger partial charge in [-0.15, -0.1) is 0 Å². The molecule has 0 N–H and O–H groups in total. The second-order valence-electron chi connectivity index (χ2n) is 3.00. The van der Waals surface area contributed by atoms with E-state index < -0.39 is 0 Å². The predicted molar refractivity (Wildman–Crippen MR) is 76.9 cm³/mol. The molecule has 0 aliphatic carbocycles. The van der Waals surface area contributed by atoms with Gasteiger partial charge in [0, 0.05) is 0 Å². The number of halogens is 4. The molecule has 0 fully saturated rings. The predicted octanol–water partition coefficient (Wildman–Crippen LogP) is 5.53. The van der Waals surface area contributed by atoms with Crippen molar-refractivity contribution in [1.82, 2.24) is 0 Å². The van der Waals surface area contributed by atoms with E-state index in [-0.39, 0.29) is 6.47 Å². The minimum Gasteiger partial charge on any atom is -0.0698 e. The fourth-order valence-electron chi connectivity index (χ4n) is 1.08. The second kappa shape index (κ2) is 4.98. The van der Waals surface area contributed by atoms with Crippen molar-refractivity contribution >= 4 is 63.7 Å². The lowest BCUT2D eigenvalue weighted by molar-refractivity contribution is 0.751. The molecule has 0 radical (unpaired) electrons. The normalized spacial score (nSPS) is 12.9. The average Bonchev–Trinajstić information content (AvgIpc) is 2.19. The van der Waals surface area contributed by atoms with Crippen molar-refractivity contribution < 1.29 is 0 Å². The third kappa shape index (κ3) is 2.63. The smallest absolute Gasteiger partial charge is 0.0698 e. The highest BCUT2D eigenvalue weighted by atomic mass is 79.9. The van der Waals surface area contributed by atoms with Crippen LogP contribution in [0.2, 0.25) is 0 Å². The van der Waals surface area contributed by atoms with E-state index in [0.717, 1.165) is 6.42 Å². The first-order chi connectivity index (χ1) is 6.42. The number of hydrogen-bond donors (Lipinski definition) is 0. The van der Waals surface area contributed by atoms with Crippen LogP contribution in [-0.2, 0) is 3.23 Å². The van der Waals surface area contributed by atoms with Gasteiger partial charge in [-0.1, -0.05) is 101 Å². The Labute approximate surface area is 118 Å². The van der Waals surface area contributed by atoms with Crippen LogP contribution in [0.4, 0.5) is 0 Å². The van der Waals surface area contributed by atoms with Crippen LogP contribution in [0.15, 0.2) is 30.3 Å². The molecular weight excluding hydrogens is 440 g/mol. The van der Waals surface area contributed by atoms with Crippen LogP contribution in [0.5, 0.6) is 0 Å². The number of rotatable bonds is 3. The molecule has 0 heterocycles. The van der Waals surface area contributed by atoms with Gasteiger partial charge in [0.1, 0.15) is 6.47 Å². The maximum absolute atomic E-state index is 3.69. The quantitative estimate of drug-likeness (QED) is 0.533. The lowest BCUT2D eigenvalue weighted by Gasteiger charge is -2.34. The highest BCUT2D eigenvalue weighted by Crippen LogP contribution is 2.56. The largest absolute Gasteiger partial charge is 0.130 e. The molecule has 1 rings (SSSR count). The van der Waals surface area contributed by atoms with Crippen molar-refractivity contribution in [2.24, 2.45) is 0 Å². The molecule has 0 nitrogen and oxygen atoms in total. The summed E-state index contributed by atoms with van der Waals surface area (Å²) in [4.78, 5) is 0. The third-order valence-corrected chi connectivity index (χ3v) is 8.75. The zero-order valence-corrected chi connectivity index (χ0v) is 13.9. The van der Waals surface area contributed by atoms with Crippen LogP contribution in [0.1, 0.15) is 18.9 Å². The summed E-state index contributed by atoms with van der Waals surface area (Å²) in [6, 6.07) is 10.2. The van der Waals surface area contributed by atoms with E-state index in [0.29, 0.717) is 0 Å². The van der Waals surface area contributed by atoms with Crippen molar-refractivity contribution in [3.05, 3.63) is 35.9 Å². The fourth-order valence-corrected chi connectivity index (χ4v) is 2.63. The van der Waals surface area contributed by atoms with Crippen LogP contribution in [-0.4, -0.2) is 3.23 Å². The van der Waals surface area contributed by atoms with Gasteiger partial charge in [0.15, 0.2) is 0 Å². The first-order valence-electron chi connectivity index (χ1n) is 4.23. The molecule has 14 heavy (non-hydrogen) atoms. The molecule has 0 aromatic heterocycles. The average molecular weight is 450 g/mol. The molecule has 1 aromatic rings. The van der Waals surface area contributed by atoms with E-state index in [1.165, 1.54) is 5.56 Å². The summed E-state index contributed by atoms with van der Waals surface area (Å²) in [6.45, 7) is 2.11. The molecule has 0 atom stereocenters. The van der Waals surface area contributed by atoms with Crippen LogP contribution < -0.4 is 0 Å². The van der Waals surface area contributed by atoms with Gasteiger partial charge in [-0.05, 0) is 12.0 Å². The van der Waals surface area contributed by atoms with Gasteiger partial charge in [-0.3, -0.25) is 0 Å². The van der Waals surface area contributed by atoms with Crippen molar-refractivity contribution in [2.75, 3.05) is 0 Å². The van der Waals surface area contributed by atoms with Gasteiger partial charge in [-0.2, -0.15) is 0 Å². The Kier molecular flexibility index (Phi) is 4.70. The molecule has 0 spiro atoms. The number of alkyl halides is 4. The van der Waals surface area contributed by atoms with Gasteiger partial charge in [0.25, 0.3) is 0 Å². The molecule has 0 aliphatic rings. The third-order valence-electron chi connectivity index (χ3n) is 2.04. The van der Waals surface area contributed by atoms with E-state index in [1.54, 1.807) is 0 Å². The summed E-state index contributed by atoms with van der Waals surface area (Å²) in [5.41, 5.74) is 1.18. The Morgan fingerprint density at radius 2 is 1.50 bits per heavy atom. The lowest BCUT2D eigenvalue weighted by Crippen LogP contribution is -2.30. The molecule has 0 saturated heterocycles. The molecule has 4 heteroatoms. The van der Waals surface area contributed by atoms with Crippen molar-refractivity contribution in [3.63, 3.8) is 0 Å². The topological polar surface area (TPSA) is 0 Å². The maximum atomic E-state index is 3.69. The summed E-state index contributed by atoms with van der Waals surface area (Å²) >= 11 is 14.7. The Morgan fingerprint density at radius 1 is 1.00 bits per heavy atom. The Balaban J connectivity index is 3.08. The van der Waals surface area contributed by atoms with Gasteiger partial charge in [0.05, 0.1) is 0 Å². The van der Waals surface area contributed by atoms with E-state index in [1.807, 2.05) is 18.2 Å². The van der Waals surface area contributed by atoms with Crippen molar-refractivity contribution in [1.29, 1.82) is 0 Å². The molecule has 78 valence electrons. The summed E-state index contributed by atoms with van der Waals surface area (Å²) in [6.07, 6.45) is 0.943. The van der Waals surface area contributed by atoms with Crippen LogP contribution >= 0.6 is 63.7 Å². The van der Waals surface area contributed by atoms with Crippen LogP contribution in [0, 0.1) is 0 Å². The van der Waals surface area contributed by atoms with Gasteiger partial charge in [0.2, 0.25) is 0 Å². The first kappa shape index (κ1) is 13.2. The fraction of sp³-hybridized carbons (Fsp3) is 0.400. The molecule has 0 unspecified atom stereocenters. The second-order valence-corrected chi connectivity index (χ2v) is 10.2. The molecule has 0 aliphatic heterocycles. The minimum absolute atomic E-state index is 0.200. The van der Waals surface area contributed by atoms with Crippen molar-refractivity contribution in [2.45, 2.75) is 19.8 Å². The SMILES string of the molecule is CCC(Br)(Br)C(Br)(Br)c1ccccc1. The molecule has 0 saturated carbocycles. The van der Waals surface area contributed by atoms with Gasteiger partial charge in [-0.25, -0.2) is 0 Å². The van der Waals surface area contributed by atoms with Crippen LogP contribution in [0.3, 0.4) is 0 Å². The number of benzene rings is 1. The minimum atomic E-state index is -0.303. The summed E-state index contributed by atoms with van der Waals surface area (Å²) < 4.78 is -0.503. The Bertz CT molecular complexity index is 292. The zero-order valence-electron chi connectivity index (χ0n) is 7.61. The first-order valence-corrected chi connectivity index (χ1v) is 7.40. The van der Waals surface area contributed by atoms with Crippen molar-refractivity contribution in [3.8, 4) is 0 Å². The van der Waals surface area contributed by atoms with E-state index in [4.69, 9.17) is 0 Å².